The lowest BCUT2D eigenvalue weighted by molar-refractivity contribution is -0.140. The predicted octanol–water partition coefficient (Wildman–Crippen LogP) is 5.93. The molecule has 0 saturated heterocycles. The molecule has 0 bridgehead atoms. The van der Waals surface area contributed by atoms with Crippen molar-refractivity contribution in [3.8, 4) is 0 Å². The number of carbonyl (C=O) groups is 2. The Morgan fingerprint density at radius 1 is 0.929 bits per heavy atom. The fourth-order valence-corrected chi connectivity index (χ4v) is 5.91. The van der Waals surface area contributed by atoms with Gasteiger partial charge in [0.15, 0.2) is 0 Å². The molecule has 3 aromatic carbocycles. The zero-order valence-electron chi connectivity index (χ0n) is 23.9. The highest BCUT2D eigenvalue weighted by Crippen LogP contribution is 2.33. The first-order valence-electron chi connectivity index (χ1n) is 13.8. The molecule has 1 atom stereocenters. The molecule has 0 spiro atoms. The molecule has 2 amide bonds. The fraction of sp³-hybridized carbons (Fsp3) is 0.355. The van der Waals surface area contributed by atoms with Crippen molar-refractivity contribution in [1.82, 2.24) is 10.2 Å². The number of carbonyl (C=O) groups excluding carboxylic acids is 2. The van der Waals surface area contributed by atoms with Crippen LogP contribution in [0.5, 0.6) is 0 Å². The molecule has 0 aromatic heterocycles. The summed E-state index contributed by atoms with van der Waals surface area (Å²) in [5.41, 5.74) is 0.239. The molecule has 7 nitrogen and oxygen atoms in total. The predicted molar refractivity (Wildman–Crippen MR) is 156 cm³/mol. The first-order chi connectivity index (χ1) is 19.9. The van der Waals surface area contributed by atoms with Gasteiger partial charge in [0.2, 0.25) is 11.8 Å². The second-order valence-electron chi connectivity index (χ2n) is 9.89. The molecule has 1 N–H and O–H groups in total. The Balaban J connectivity index is 2.09. The summed E-state index contributed by atoms with van der Waals surface area (Å²) in [6.45, 7) is 5.18. The van der Waals surface area contributed by atoms with Gasteiger partial charge in [-0.25, -0.2) is 8.42 Å². The fourth-order valence-electron chi connectivity index (χ4n) is 4.48. The highest BCUT2D eigenvalue weighted by atomic mass is 32.2. The number of rotatable bonds is 13. The molecule has 3 aromatic rings. The van der Waals surface area contributed by atoms with Gasteiger partial charge in [-0.15, -0.1) is 0 Å². The topological polar surface area (TPSA) is 86.8 Å². The largest absolute Gasteiger partial charge is 0.416 e. The van der Waals surface area contributed by atoms with Gasteiger partial charge in [0, 0.05) is 13.1 Å². The summed E-state index contributed by atoms with van der Waals surface area (Å²) in [7, 11) is -4.48. The number of amides is 2. The first kappa shape index (κ1) is 32.7. The minimum atomic E-state index is -4.73. The van der Waals surface area contributed by atoms with E-state index in [1.807, 2.05) is 32.0 Å². The number of anilines is 1. The van der Waals surface area contributed by atoms with E-state index in [1.54, 1.807) is 19.1 Å². The molecule has 0 radical (unpaired) electrons. The van der Waals surface area contributed by atoms with E-state index in [1.165, 1.54) is 35.2 Å². The molecule has 11 heteroatoms. The minimum absolute atomic E-state index is 0.00697. The Bertz CT molecular complexity index is 1460. The van der Waals surface area contributed by atoms with E-state index in [-0.39, 0.29) is 29.5 Å². The van der Waals surface area contributed by atoms with Gasteiger partial charge in [0.25, 0.3) is 10.0 Å². The number of aryl methyl sites for hydroxylation is 1. The second-order valence-corrected chi connectivity index (χ2v) is 11.8. The van der Waals surface area contributed by atoms with Crippen molar-refractivity contribution in [2.75, 3.05) is 17.4 Å². The van der Waals surface area contributed by atoms with Crippen molar-refractivity contribution < 1.29 is 31.2 Å². The Hall–Kier alpha value is -3.86. The number of nitrogens with one attached hydrogen (secondary N) is 1. The monoisotopic (exact) mass is 603 g/mol. The van der Waals surface area contributed by atoms with Crippen LogP contribution >= 0.6 is 0 Å². The molecule has 0 saturated carbocycles. The normalized spacial score (nSPS) is 12.4. The SMILES string of the molecule is CCCCNC(=O)C(CC)N(Cc1ccccc1C)C(=O)CN(c1cccc(C(F)(F)F)c1)S(=O)(=O)c1ccccc1. The lowest BCUT2D eigenvalue weighted by Gasteiger charge is -2.33. The number of hydrogen-bond acceptors (Lipinski definition) is 4. The van der Waals surface area contributed by atoms with Crippen molar-refractivity contribution in [1.29, 1.82) is 0 Å². The molecule has 226 valence electrons. The summed E-state index contributed by atoms with van der Waals surface area (Å²) in [5, 5.41) is 2.85. The van der Waals surface area contributed by atoms with E-state index in [4.69, 9.17) is 0 Å². The molecule has 0 heterocycles. The van der Waals surface area contributed by atoms with Crippen molar-refractivity contribution >= 4 is 27.5 Å². The molecule has 3 rings (SSSR count). The van der Waals surface area contributed by atoms with Crippen LogP contribution in [-0.4, -0.2) is 44.3 Å². The van der Waals surface area contributed by atoms with Gasteiger partial charge in [-0.1, -0.05) is 68.8 Å². The van der Waals surface area contributed by atoms with Crippen LogP contribution in [0, 0.1) is 6.92 Å². The lowest BCUT2D eigenvalue weighted by atomic mass is 10.1. The summed E-state index contributed by atoms with van der Waals surface area (Å²) in [5.74, 6) is -1.11. The highest BCUT2D eigenvalue weighted by Gasteiger charge is 2.36. The Labute approximate surface area is 245 Å². The third kappa shape index (κ3) is 8.12. The second kappa shape index (κ2) is 14.4. The summed E-state index contributed by atoms with van der Waals surface area (Å²) >= 11 is 0. The molecule has 42 heavy (non-hydrogen) atoms. The lowest BCUT2D eigenvalue weighted by Crippen LogP contribution is -2.52. The molecular formula is C31H36F3N3O4S. The van der Waals surface area contributed by atoms with Crippen molar-refractivity contribution in [2.45, 2.75) is 63.7 Å². The Kier molecular flexibility index (Phi) is 11.2. The number of halogens is 3. The molecule has 1 unspecified atom stereocenters. The van der Waals surface area contributed by atoms with Crippen LogP contribution in [0.15, 0.2) is 83.8 Å². The molecule has 0 aliphatic heterocycles. The maximum absolute atomic E-state index is 14.1. The summed E-state index contributed by atoms with van der Waals surface area (Å²) in [6.07, 6.45) is -2.90. The van der Waals surface area contributed by atoms with Crippen molar-refractivity contribution in [3.05, 3.63) is 95.6 Å². The highest BCUT2D eigenvalue weighted by molar-refractivity contribution is 7.92. The molecular weight excluding hydrogens is 567 g/mol. The van der Waals surface area contributed by atoms with Gasteiger partial charge in [0.1, 0.15) is 12.6 Å². The van der Waals surface area contributed by atoms with Gasteiger partial charge in [-0.3, -0.25) is 13.9 Å². The van der Waals surface area contributed by atoms with Crippen molar-refractivity contribution in [2.24, 2.45) is 0 Å². The van der Waals surface area contributed by atoms with E-state index >= 15 is 0 Å². The van der Waals surface area contributed by atoms with Gasteiger partial charge in [-0.05, 0) is 61.2 Å². The summed E-state index contributed by atoms with van der Waals surface area (Å²) in [4.78, 5) is 28.4. The zero-order valence-corrected chi connectivity index (χ0v) is 24.7. The maximum Gasteiger partial charge on any atom is 0.416 e. The third-order valence-electron chi connectivity index (χ3n) is 6.89. The molecule has 0 aliphatic carbocycles. The van der Waals surface area contributed by atoms with E-state index < -0.39 is 40.3 Å². The van der Waals surface area contributed by atoms with E-state index in [0.29, 0.717) is 16.9 Å². The summed E-state index contributed by atoms with van der Waals surface area (Å²) < 4.78 is 69.1. The number of hydrogen-bond donors (Lipinski definition) is 1. The molecule has 0 aliphatic rings. The standard InChI is InChI=1S/C31H36F3N3O4S/c1-4-6-19-35-30(39)28(5-2)36(21-24-14-11-10-13-23(24)3)29(38)22-37(42(40,41)27-17-8-7-9-18-27)26-16-12-15-25(20-26)31(32,33)34/h7-18,20,28H,4-6,19,21-22H2,1-3H3,(H,35,39). The maximum atomic E-state index is 14.1. The van der Waals surface area contributed by atoms with Crippen LogP contribution in [0.3, 0.4) is 0 Å². The van der Waals surface area contributed by atoms with E-state index in [2.05, 4.69) is 5.32 Å². The first-order valence-corrected chi connectivity index (χ1v) is 15.2. The van der Waals surface area contributed by atoms with Crippen LogP contribution < -0.4 is 9.62 Å². The Morgan fingerprint density at radius 2 is 1.60 bits per heavy atom. The van der Waals surface area contributed by atoms with E-state index in [9.17, 15) is 31.2 Å². The van der Waals surface area contributed by atoms with Gasteiger partial charge < -0.3 is 10.2 Å². The van der Waals surface area contributed by atoms with Crippen molar-refractivity contribution in [3.63, 3.8) is 0 Å². The number of nitrogens with zero attached hydrogens (tertiary/aromatic N) is 2. The van der Waals surface area contributed by atoms with Crippen LogP contribution in [0.2, 0.25) is 0 Å². The van der Waals surface area contributed by atoms with Crippen LogP contribution in [-0.2, 0) is 32.3 Å². The average Bonchev–Trinajstić information content (AvgIpc) is 2.96. The number of sulfonamides is 1. The van der Waals surface area contributed by atoms with Gasteiger partial charge in [-0.2, -0.15) is 13.2 Å². The minimum Gasteiger partial charge on any atom is -0.354 e. The number of alkyl halides is 3. The van der Waals surface area contributed by atoms with Crippen LogP contribution in [0.1, 0.15) is 49.8 Å². The van der Waals surface area contributed by atoms with Crippen LogP contribution in [0.25, 0.3) is 0 Å². The zero-order chi connectivity index (χ0) is 30.9. The average molecular weight is 604 g/mol. The number of benzene rings is 3. The quantitative estimate of drug-likeness (QED) is 0.245. The van der Waals surface area contributed by atoms with Crippen LogP contribution in [0.4, 0.5) is 18.9 Å². The smallest absolute Gasteiger partial charge is 0.354 e. The number of unbranched alkanes of at least 4 members (excludes halogenated alkanes) is 1. The van der Waals surface area contributed by atoms with Gasteiger partial charge in [0.05, 0.1) is 16.1 Å². The van der Waals surface area contributed by atoms with E-state index in [0.717, 1.165) is 36.1 Å². The summed E-state index contributed by atoms with van der Waals surface area (Å²) in [6, 6.07) is 17.4. The third-order valence-corrected chi connectivity index (χ3v) is 8.68. The van der Waals surface area contributed by atoms with Gasteiger partial charge >= 0.3 is 6.18 Å². The molecule has 0 fully saturated rings. The Morgan fingerprint density at radius 3 is 2.21 bits per heavy atom.